The molecular weight excluding hydrogens is 378 g/mol. The van der Waals surface area contributed by atoms with E-state index in [1.54, 1.807) is 36.4 Å². The number of aromatic nitrogens is 3. The van der Waals surface area contributed by atoms with Gasteiger partial charge in [-0.3, -0.25) is 0 Å². The first-order valence-electron chi connectivity index (χ1n) is 9.44. The van der Waals surface area contributed by atoms with Crippen molar-refractivity contribution in [3.8, 4) is 0 Å². The Hall–Kier alpha value is -3.93. The van der Waals surface area contributed by atoms with Crippen molar-refractivity contribution in [1.82, 2.24) is 0 Å². The van der Waals surface area contributed by atoms with Crippen molar-refractivity contribution in [3.63, 3.8) is 0 Å². The number of hydrogen-bond donors (Lipinski definition) is 0. The van der Waals surface area contributed by atoms with E-state index in [0.717, 1.165) is 25.3 Å². The Morgan fingerprint density at radius 3 is 1.80 bits per heavy atom. The highest BCUT2D eigenvalue weighted by molar-refractivity contribution is 5.47. The second kappa shape index (κ2) is 14.1. The van der Waals surface area contributed by atoms with Gasteiger partial charge in [-0.2, -0.15) is 14.2 Å². The molecule has 3 heterocycles. The summed E-state index contributed by atoms with van der Waals surface area (Å²) in [5.74, 6) is 0. The summed E-state index contributed by atoms with van der Waals surface area (Å²) in [6.45, 7) is 5.74. The monoisotopic (exact) mass is 405 g/mol. The molecule has 0 amide bonds. The molecule has 0 aliphatic carbocycles. The molecule has 0 aromatic carbocycles. The fourth-order valence-electron chi connectivity index (χ4n) is 2.23. The predicted molar refractivity (Wildman–Crippen MR) is 120 cm³/mol. The zero-order valence-corrected chi connectivity index (χ0v) is 17.5. The minimum absolute atomic E-state index is 0.671. The molecule has 0 spiro atoms. The first kappa shape index (κ1) is 24.1. The summed E-state index contributed by atoms with van der Waals surface area (Å²) < 4.78 is 2.39. The molecule has 0 atom stereocenters. The summed E-state index contributed by atoms with van der Waals surface area (Å²) in [5, 5.41) is 32.0. The van der Waals surface area contributed by atoms with Crippen molar-refractivity contribution in [2.45, 2.75) is 20.8 Å². The van der Waals surface area contributed by atoms with Gasteiger partial charge in [0.1, 0.15) is 0 Å². The molecule has 3 rings (SSSR count). The van der Waals surface area contributed by atoms with Gasteiger partial charge in [0.15, 0.2) is 31.0 Å². The van der Waals surface area contributed by atoms with E-state index < -0.39 is 0 Å². The number of nitrogens with zero attached hydrogens (tertiary/aromatic N) is 3. The van der Waals surface area contributed by atoms with Crippen LogP contribution in [0.25, 0.3) is 18.2 Å². The van der Waals surface area contributed by atoms with Crippen LogP contribution in [0.5, 0.6) is 0 Å². The van der Waals surface area contributed by atoms with Gasteiger partial charge in [0.2, 0.25) is 5.69 Å². The lowest BCUT2D eigenvalue weighted by molar-refractivity contribution is -0.607. The van der Waals surface area contributed by atoms with Crippen molar-refractivity contribution in [1.29, 1.82) is 0 Å². The number of pyridine rings is 3. The van der Waals surface area contributed by atoms with Crippen LogP contribution in [0, 0.1) is 15.6 Å². The van der Waals surface area contributed by atoms with Crippen LogP contribution in [0.3, 0.4) is 0 Å². The van der Waals surface area contributed by atoms with Gasteiger partial charge in [-0.1, -0.05) is 30.4 Å². The first-order chi connectivity index (χ1) is 14.5. The van der Waals surface area contributed by atoms with Crippen LogP contribution < -0.4 is 14.2 Å². The lowest BCUT2D eigenvalue weighted by Gasteiger charge is -1.96. The Morgan fingerprint density at radius 2 is 1.23 bits per heavy atom. The van der Waals surface area contributed by atoms with Gasteiger partial charge in [0, 0.05) is 42.0 Å². The van der Waals surface area contributed by atoms with Crippen molar-refractivity contribution in [2.24, 2.45) is 0 Å². The quantitative estimate of drug-likeness (QED) is 0.487. The van der Waals surface area contributed by atoms with E-state index in [9.17, 15) is 15.6 Å². The SMILES string of the molecule is C/C=C/c1cc[n+]([O-])cc1.C/C=C/c1ccc[n+]([O-])c1.C/C=C/c1cccc[n+]1[O-]. The van der Waals surface area contributed by atoms with Crippen molar-refractivity contribution < 1.29 is 14.2 Å². The molecular formula is C24H27N3O3. The number of rotatable bonds is 3. The minimum Gasteiger partial charge on any atom is -0.619 e. The van der Waals surface area contributed by atoms with Gasteiger partial charge in [0.25, 0.3) is 0 Å². The van der Waals surface area contributed by atoms with E-state index in [4.69, 9.17) is 0 Å². The Morgan fingerprint density at radius 1 is 0.600 bits per heavy atom. The van der Waals surface area contributed by atoms with Gasteiger partial charge in [-0.05, 0) is 38.5 Å². The third-order valence-corrected chi connectivity index (χ3v) is 3.54. The van der Waals surface area contributed by atoms with E-state index in [2.05, 4.69) is 0 Å². The predicted octanol–water partition coefficient (Wildman–Crippen LogP) is 4.06. The molecule has 0 bridgehead atoms. The maximum Gasteiger partial charge on any atom is 0.216 e. The molecule has 3 aromatic heterocycles. The topological polar surface area (TPSA) is 80.8 Å². The first-order valence-corrected chi connectivity index (χ1v) is 9.44. The normalized spacial score (nSPS) is 10.5. The van der Waals surface area contributed by atoms with E-state index in [-0.39, 0.29) is 0 Å². The van der Waals surface area contributed by atoms with E-state index >= 15 is 0 Å². The van der Waals surface area contributed by atoms with Gasteiger partial charge >= 0.3 is 0 Å². The van der Waals surface area contributed by atoms with Crippen LogP contribution in [0.1, 0.15) is 37.6 Å². The number of allylic oxidation sites excluding steroid dienone is 3. The summed E-state index contributed by atoms with van der Waals surface area (Å²) in [5.41, 5.74) is 2.65. The van der Waals surface area contributed by atoms with Crippen LogP contribution in [0.15, 0.2) is 91.7 Å². The lowest BCUT2D eigenvalue weighted by Crippen LogP contribution is -2.28. The highest BCUT2D eigenvalue weighted by Crippen LogP contribution is 1.97. The molecule has 0 saturated heterocycles. The molecule has 30 heavy (non-hydrogen) atoms. The zero-order valence-electron chi connectivity index (χ0n) is 17.5. The maximum atomic E-state index is 10.9. The maximum absolute atomic E-state index is 10.9. The van der Waals surface area contributed by atoms with Gasteiger partial charge in [-0.25, -0.2) is 0 Å². The van der Waals surface area contributed by atoms with Crippen molar-refractivity contribution >= 4 is 18.2 Å². The van der Waals surface area contributed by atoms with E-state index in [1.807, 2.05) is 63.3 Å². The Bertz CT molecular complexity index is 965. The van der Waals surface area contributed by atoms with Gasteiger partial charge in [-0.15, -0.1) is 0 Å². The second-order valence-electron chi connectivity index (χ2n) is 5.94. The van der Waals surface area contributed by atoms with Crippen LogP contribution in [0.2, 0.25) is 0 Å². The van der Waals surface area contributed by atoms with E-state index in [0.29, 0.717) is 5.69 Å². The van der Waals surface area contributed by atoms with Gasteiger partial charge in [0.05, 0.1) is 0 Å². The van der Waals surface area contributed by atoms with Crippen LogP contribution in [-0.2, 0) is 0 Å². The highest BCUT2D eigenvalue weighted by atomic mass is 16.5. The van der Waals surface area contributed by atoms with Crippen molar-refractivity contribution in [3.05, 3.63) is 124 Å². The zero-order chi connectivity index (χ0) is 22.2. The molecule has 6 heteroatoms. The summed E-state index contributed by atoms with van der Waals surface area (Å²) in [7, 11) is 0. The average Bonchev–Trinajstić information content (AvgIpc) is 2.73. The molecule has 0 radical (unpaired) electrons. The Balaban J connectivity index is 0.000000225. The Labute approximate surface area is 177 Å². The summed E-state index contributed by atoms with van der Waals surface area (Å²) in [6.07, 6.45) is 18.7. The molecule has 156 valence electrons. The average molecular weight is 405 g/mol. The largest absolute Gasteiger partial charge is 0.619 e. The summed E-state index contributed by atoms with van der Waals surface area (Å²) >= 11 is 0. The van der Waals surface area contributed by atoms with E-state index in [1.165, 1.54) is 31.0 Å². The summed E-state index contributed by atoms with van der Waals surface area (Å²) in [6, 6.07) is 12.5. The molecule has 0 N–H and O–H groups in total. The van der Waals surface area contributed by atoms with Gasteiger partial charge < -0.3 is 15.6 Å². The lowest BCUT2D eigenvalue weighted by atomic mass is 10.2. The van der Waals surface area contributed by atoms with Crippen LogP contribution >= 0.6 is 0 Å². The summed E-state index contributed by atoms with van der Waals surface area (Å²) in [4.78, 5) is 0. The van der Waals surface area contributed by atoms with Crippen LogP contribution in [0.4, 0.5) is 0 Å². The fourth-order valence-corrected chi connectivity index (χ4v) is 2.23. The Kier molecular flexibility index (Phi) is 11.3. The molecule has 3 aromatic rings. The van der Waals surface area contributed by atoms with Crippen molar-refractivity contribution in [2.75, 3.05) is 0 Å². The number of hydrogen-bond acceptors (Lipinski definition) is 3. The fraction of sp³-hybridized carbons (Fsp3) is 0.125. The third-order valence-electron chi connectivity index (χ3n) is 3.54. The molecule has 0 fully saturated rings. The molecule has 0 aliphatic heterocycles. The molecule has 0 aliphatic rings. The minimum atomic E-state index is 0.671. The molecule has 0 saturated carbocycles. The molecule has 6 nitrogen and oxygen atoms in total. The standard InChI is InChI=1S/3C8H9NO/c1-2-5-8-6-3-4-7-9(8)10;1-2-4-8-5-3-6-9(10)7-8;1-2-3-8-4-6-9(10)7-5-8/h3*2-7H,1H3/b5-2+;4-2+;3-2+. The highest BCUT2D eigenvalue weighted by Gasteiger charge is 1.94. The third kappa shape index (κ3) is 9.85. The smallest absolute Gasteiger partial charge is 0.216 e. The van der Waals surface area contributed by atoms with Crippen LogP contribution in [-0.4, -0.2) is 0 Å². The molecule has 0 unspecified atom stereocenters. The second-order valence-corrected chi connectivity index (χ2v) is 5.94.